The monoisotopic (exact) mass is 325 g/mol. The molecule has 120 valence electrons. The highest BCUT2D eigenvalue weighted by Crippen LogP contribution is 2.35. The van der Waals surface area contributed by atoms with Crippen molar-refractivity contribution in [3.63, 3.8) is 0 Å². The third kappa shape index (κ3) is 2.51. The lowest BCUT2D eigenvalue weighted by Gasteiger charge is -2.27. The molecule has 8 heteroatoms. The average molecular weight is 325 g/mol. The van der Waals surface area contributed by atoms with Gasteiger partial charge in [0, 0.05) is 30.8 Å². The number of sulfonamides is 1. The number of non-ortho nitro benzene ring substituents is 1. The molecule has 1 aromatic carbocycles. The fourth-order valence-electron chi connectivity index (χ4n) is 3.42. The first-order valence-electron chi connectivity index (χ1n) is 7.40. The van der Waals surface area contributed by atoms with Gasteiger partial charge >= 0.3 is 0 Å². The lowest BCUT2D eigenvalue weighted by atomic mass is 10.1. The first kappa shape index (κ1) is 15.4. The van der Waals surface area contributed by atoms with Crippen LogP contribution in [0.25, 0.3) is 0 Å². The molecule has 0 radical (unpaired) electrons. The molecular formula is C14H19N3O4S. The third-order valence-electron chi connectivity index (χ3n) is 4.53. The second-order valence-electron chi connectivity index (χ2n) is 5.92. The van der Waals surface area contributed by atoms with Crippen LogP contribution in [0, 0.1) is 17.0 Å². The van der Waals surface area contributed by atoms with E-state index in [4.69, 9.17) is 0 Å². The van der Waals surface area contributed by atoms with Crippen LogP contribution in [0.3, 0.4) is 0 Å². The van der Waals surface area contributed by atoms with Crippen LogP contribution in [0.2, 0.25) is 0 Å². The van der Waals surface area contributed by atoms with Crippen molar-refractivity contribution in [3.05, 3.63) is 33.9 Å². The quantitative estimate of drug-likeness (QED) is 0.670. The lowest BCUT2D eigenvalue weighted by Crippen LogP contribution is -2.42. The number of aryl methyl sites for hydroxylation is 1. The van der Waals surface area contributed by atoms with Crippen LogP contribution >= 0.6 is 0 Å². The number of hydrogen-bond donors (Lipinski definition) is 1. The highest BCUT2D eigenvalue weighted by atomic mass is 32.2. The van der Waals surface area contributed by atoms with E-state index in [0.717, 1.165) is 25.8 Å². The predicted octanol–water partition coefficient (Wildman–Crippen LogP) is 1.42. The van der Waals surface area contributed by atoms with Gasteiger partial charge in [-0.15, -0.1) is 0 Å². The highest BCUT2D eigenvalue weighted by Gasteiger charge is 2.43. The predicted molar refractivity (Wildman–Crippen MR) is 81.2 cm³/mol. The number of nitrogens with zero attached hydrogens (tertiary/aromatic N) is 2. The molecule has 2 aliphatic heterocycles. The van der Waals surface area contributed by atoms with Crippen molar-refractivity contribution >= 4 is 15.7 Å². The molecular weight excluding hydrogens is 306 g/mol. The van der Waals surface area contributed by atoms with Gasteiger partial charge in [0.2, 0.25) is 10.0 Å². The van der Waals surface area contributed by atoms with Gasteiger partial charge in [0.15, 0.2) is 0 Å². The van der Waals surface area contributed by atoms with Gasteiger partial charge in [-0.2, -0.15) is 4.31 Å². The van der Waals surface area contributed by atoms with Crippen LogP contribution in [-0.4, -0.2) is 42.8 Å². The third-order valence-corrected chi connectivity index (χ3v) is 6.67. The van der Waals surface area contributed by atoms with Crippen LogP contribution < -0.4 is 5.32 Å². The Morgan fingerprint density at radius 3 is 2.73 bits per heavy atom. The van der Waals surface area contributed by atoms with Gasteiger partial charge in [-0.3, -0.25) is 10.1 Å². The summed E-state index contributed by atoms with van der Waals surface area (Å²) in [6.07, 6.45) is 2.48. The van der Waals surface area contributed by atoms with E-state index >= 15 is 0 Å². The van der Waals surface area contributed by atoms with Crippen LogP contribution in [0.15, 0.2) is 23.1 Å². The molecule has 3 rings (SSSR count). The van der Waals surface area contributed by atoms with E-state index in [9.17, 15) is 18.5 Å². The van der Waals surface area contributed by atoms with E-state index in [0.29, 0.717) is 12.1 Å². The maximum Gasteiger partial charge on any atom is 0.270 e. The van der Waals surface area contributed by atoms with Crippen molar-refractivity contribution < 1.29 is 13.3 Å². The molecule has 0 amide bonds. The molecule has 0 saturated carbocycles. The molecule has 2 unspecified atom stereocenters. The lowest BCUT2D eigenvalue weighted by molar-refractivity contribution is -0.385. The molecule has 0 aromatic heterocycles. The van der Waals surface area contributed by atoms with Crippen molar-refractivity contribution in [1.82, 2.24) is 9.62 Å². The van der Waals surface area contributed by atoms with Gasteiger partial charge in [-0.1, -0.05) is 6.07 Å². The number of nitro groups is 1. The van der Waals surface area contributed by atoms with Crippen LogP contribution in [-0.2, 0) is 10.0 Å². The standard InChI is InChI=1S/C14H19N3O4S/c1-10-2-3-12(17(18)19)8-14(10)22(20,21)16-11-4-5-13(16)9-15-7-6-11/h2-3,8,11,13,15H,4-7,9H2,1H3. The maximum absolute atomic E-state index is 13.1. The van der Waals surface area contributed by atoms with Crippen molar-refractivity contribution in [2.75, 3.05) is 13.1 Å². The molecule has 2 heterocycles. The van der Waals surface area contributed by atoms with Gasteiger partial charge in [0.05, 0.1) is 9.82 Å². The Balaban J connectivity index is 2.06. The van der Waals surface area contributed by atoms with Gasteiger partial charge in [-0.05, 0) is 38.3 Å². The van der Waals surface area contributed by atoms with Crippen molar-refractivity contribution in [3.8, 4) is 0 Å². The first-order chi connectivity index (χ1) is 10.4. The van der Waals surface area contributed by atoms with Crippen molar-refractivity contribution in [1.29, 1.82) is 0 Å². The second kappa shape index (κ2) is 5.60. The molecule has 2 saturated heterocycles. The van der Waals surface area contributed by atoms with Crippen molar-refractivity contribution in [2.24, 2.45) is 0 Å². The molecule has 1 aromatic rings. The van der Waals surface area contributed by atoms with Gasteiger partial charge in [0.25, 0.3) is 5.69 Å². The fourth-order valence-corrected chi connectivity index (χ4v) is 5.57. The summed E-state index contributed by atoms with van der Waals surface area (Å²) in [5.41, 5.74) is 0.353. The molecule has 0 aliphatic carbocycles. The molecule has 0 spiro atoms. The summed E-state index contributed by atoms with van der Waals surface area (Å²) >= 11 is 0. The molecule has 7 nitrogen and oxygen atoms in total. The number of hydrogen-bond acceptors (Lipinski definition) is 5. The topological polar surface area (TPSA) is 92.5 Å². The highest BCUT2D eigenvalue weighted by molar-refractivity contribution is 7.89. The summed E-state index contributed by atoms with van der Waals surface area (Å²) < 4.78 is 27.7. The van der Waals surface area contributed by atoms with Crippen LogP contribution in [0.5, 0.6) is 0 Å². The molecule has 1 N–H and O–H groups in total. The molecule has 2 bridgehead atoms. The zero-order chi connectivity index (χ0) is 15.9. The minimum atomic E-state index is -3.72. The maximum atomic E-state index is 13.1. The zero-order valence-corrected chi connectivity index (χ0v) is 13.2. The summed E-state index contributed by atoms with van der Waals surface area (Å²) in [5, 5.41) is 14.2. The number of nitro benzene ring substituents is 1. The Labute approximate surface area is 129 Å². The second-order valence-corrected chi connectivity index (χ2v) is 7.73. The Kier molecular flexibility index (Phi) is 3.92. The Hall–Kier alpha value is -1.51. The minimum Gasteiger partial charge on any atom is -0.315 e. The molecule has 22 heavy (non-hydrogen) atoms. The summed E-state index contributed by atoms with van der Waals surface area (Å²) in [5.74, 6) is 0. The van der Waals surface area contributed by atoms with Crippen LogP contribution in [0.1, 0.15) is 24.8 Å². The summed E-state index contributed by atoms with van der Waals surface area (Å²) in [6.45, 7) is 3.12. The number of benzene rings is 1. The average Bonchev–Trinajstić information content (AvgIpc) is 2.72. The Morgan fingerprint density at radius 1 is 1.27 bits per heavy atom. The van der Waals surface area contributed by atoms with Gasteiger partial charge in [0.1, 0.15) is 0 Å². The SMILES string of the molecule is Cc1ccc([N+](=O)[O-])cc1S(=O)(=O)N1C2CCNCC1CC2. The molecule has 2 aliphatic rings. The molecule has 2 fully saturated rings. The Bertz CT molecular complexity index is 690. The van der Waals surface area contributed by atoms with E-state index in [1.807, 2.05) is 0 Å². The smallest absolute Gasteiger partial charge is 0.270 e. The van der Waals surface area contributed by atoms with E-state index in [-0.39, 0.29) is 22.7 Å². The fraction of sp³-hybridized carbons (Fsp3) is 0.571. The molecule has 2 atom stereocenters. The number of nitrogens with one attached hydrogen (secondary N) is 1. The van der Waals surface area contributed by atoms with Crippen LogP contribution in [0.4, 0.5) is 5.69 Å². The van der Waals surface area contributed by atoms with E-state index in [2.05, 4.69) is 5.32 Å². The summed E-state index contributed by atoms with van der Waals surface area (Å²) in [6, 6.07) is 3.96. The van der Waals surface area contributed by atoms with Gasteiger partial charge < -0.3 is 5.32 Å². The minimum absolute atomic E-state index is 0.0105. The van der Waals surface area contributed by atoms with E-state index in [1.54, 1.807) is 11.2 Å². The van der Waals surface area contributed by atoms with E-state index in [1.165, 1.54) is 18.2 Å². The zero-order valence-electron chi connectivity index (χ0n) is 12.4. The van der Waals surface area contributed by atoms with E-state index < -0.39 is 14.9 Å². The van der Waals surface area contributed by atoms with Crippen molar-refractivity contribution in [2.45, 2.75) is 43.2 Å². The summed E-state index contributed by atoms with van der Waals surface area (Å²) in [7, 11) is -3.72. The number of fused-ring (bicyclic) bond motifs is 2. The summed E-state index contributed by atoms with van der Waals surface area (Å²) in [4.78, 5) is 10.4. The van der Waals surface area contributed by atoms with Gasteiger partial charge in [-0.25, -0.2) is 8.42 Å². The first-order valence-corrected chi connectivity index (χ1v) is 8.84. The number of rotatable bonds is 3. The normalized spacial score (nSPS) is 25.9. The largest absolute Gasteiger partial charge is 0.315 e. The Morgan fingerprint density at radius 2 is 2.00 bits per heavy atom.